The number of nitrogens with zero attached hydrogens (tertiary/aromatic N) is 6. The number of allylic oxidation sites excluding steroid dienone is 2. The number of rotatable bonds is 7. The average Bonchev–Trinajstić information content (AvgIpc) is 1.62. The van der Waals surface area contributed by atoms with E-state index in [-0.39, 0.29) is 108 Å². The van der Waals surface area contributed by atoms with E-state index in [1.165, 1.54) is 73.3 Å². The molecule has 0 amide bonds. The van der Waals surface area contributed by atoms with E-state index in [0.717, 1.165) is 17.1 Å². The summed E-state index contributed by atoms with van der Waals surface area (Å²) in [6, 6.07) is 22.1. The smallest absolute Gasteiger partial charge is 0.481 e. The summed E-state index contributed by atoms with van der Waals surface area (Å²) >= 11 is 25.2. The van der Waals surface area contributed by atoms with Gasteiger partial charge >= 0.3 is 88.9 Å². The van der Waals surface area contributed by atoms with Crippen LogP contribution in [0, 0.1) is 5.31 Å². The number of H-pyrrole nitrogens is 1. The van der Waals surface area contributed by atoms with Gasteiger partial charge in [-0.3, -0.25) is 18.9 Å². The number of hydrogen-bond donors (Lipinski definition) is 5. The van der Waals surface area contributed by atoms with Crippen molar-refractivity contribution in [3.05, 3.63) is 203 Å². The molecule has 34 nitrogen and oxygen atoms in total. The number of hydrogen-bond acceptors (Lipinski definition) is 32. The zero-order valence-corrected chi connectivity index (χ0v) is 75.8. The van der Waals surface area contributed by atoms with Crippen LogP contribution in [0.15, 0.2) is 114 Å². The fraction of sp³-hybridized carbons (Fsp3) is 0.403. The zero-order chi connectivity index (χ0) is 95.9. The second-order valence-electron chi connectivity index (χ2n) is 26.4. The Labute approximate surface area is 743 Å². The van der Waals surface area contributed by atoms with Crippen LogP contribution in [-0.2, 0) is 89.3 Å². The van der Waals surface area contributed by atoms with Gasteiger partial charge in [-0.15, -0.1) is 0 Å². The second-order valence-corrected chi connectivity index (χ2v) is 35.2. The summed E-state index contributed by atoms with van der Waals surface area (Å²) in [4.78, 5) is 117. The fourth-order valence-electron chi connectivity index (χ4n) is 10.1. The number of cyclic esters (lactones) is 5. The summed E-state index contributed by atoms with van der Waals surface area (Å²) in [5.74, 6) is 1.22. The van der Waals surface area contributed by atoms with Gasteiger partial charge in [0.1, 0.15) is 46.6 Å². The maximum Gasteiger partial charge on any atom is 0.522 e. The third-order valence-corrected chi connectivity index (χ3v) is 17.3. The van der Waals surface area contributed by atoms with Gasteiger partial charge in [-0.1, -0.05) is 48.1 Å². The van der Waals surface area contributed by atoms with Gasteiger partial charge in [0.2, 0.25) is 23.2 Å². The molecule has 1 radical (unpaired) electrons. The molecule has 6 aliphatic heterocycles. The number of alkyl halides is 3. The number of halogens is 8. The van der Waals surface area contributed by atoms with Crippen molar-refractivity contribution < 1.29 is 124 Å². The number of methoxy groups -OCH3 is 5. The topological polar surface area (TPSA) is 488 Å². The minimum absolute atomic E-state index is 0.0752. The van der Waals surface area contributed by atoms with E-state index in [1.54, 1.807) is 87.6 Å². The summed E-state index contributed by atoms with van der Waals surface area (Å²) in [7, 11) is 3.69. The molecule has 124 heavy (non-hydrogen) atoms. The molecule has 1 fully saturated rings. The van der Waals surface area contributed by atoms with Crippen molar-refractivity contribution in [2.75, 3.05) is 41.3 Å². The van der Waals surface area contributed by atoms with Crippen molar-refractivity contribution in [1.82, 2.24) is 34.9 Å². The van der Waals surface area contributed by atoms with Crippen molar-refractivity contribution >= 4 is 148 Å². The van der Waals surface area contributed by atoms with Crippen LogP contribution < -0.4 is 31.1 Å². The van der Waals surface area contributed by atoms with E-state index < -0.39 is 32.8 Å². The number of anilines is 1. The third kappa shape index (κ3) is 37.9. The molecule has 5 atom stereocenters. The van der Waals surface area contributed by atoms with Gasteiger partial charge in [-0.25, -0.2) is 58.5 Å². The number of esters is 7. The molecule has 7 aromatic rings. The van der Waals surface area contributed by atoms with Gasteiger partial charge in [-0.05, 0) is 177 Å². The molecule has 0 spiro atoms. The standard InChI is InChI=1S/C11H13NO3.C10H11NO3.C9H17BO2.C9H8ClNO2.C9H10N2O2.C9H9NO3.C9H9NO2.C8H8ClNO3.CH5BN.CH4BN.CHF3O3S.Cl3OP/c1-4-5-9-8(11(13)15-3)6-7-10(12-9)14-2;1-6-5-8-7(10(12)14-6)3-4-9(11-8)13-2;1-6-7-10-11-8(2,3)9(4,5)12-10;2*1-5-4-7-6(9(12)13-5)2-3-8(10)11-7;1-5-4-7-6(9(12)13-5)2-3-8(11)10-7;1-6-5-8-7(9(11)12-6)3-2-4-10-8;1-12-6-4-3-5(7(9)10-6)8(11)13-2;2*1-2-3;2-1(3,4)8(5,6)7;1-5(2,3)4/h4-7H,1-3H3;3-4,6H,5H2,1-2H3;6-7H,1-5H3;2-3,5H,4H2,1H3;2-3,5H,4H2,1H3,(H2,10,11);2-3,5H,4H2,1H3,(H,10,11);2-4,6H,5H2,1H3;3-4H,1-2H3;3H2,1H3;3H,1H3;(H,5,6,7);/b5-4+;;7-6+;;;;;;;;;/i;;;;;;4D;;1D;;;. The molecule has 6 aliphatic rings. The normalized spacial score (nSPS) is 17.5. The second kappa shape index (κ2) is 52.8. The van der Waals surface area contributed by atoms with E-state index in [2.05, 4.69) is 106 Å². The molecular weight excluding hydrogens is 1780 g/mol. The fourth-order valence-corrected chi connectivity index (χ4v) is 10.5. The molecule has 673 valence electrons. The van der Waals surface area contributed by atoms with Crippen LogP contribution in [0.2, 0.25) is 23.9 Å². The summed E-state index contributed by atoms with van der Waals surface area (Å²) in [5.41, 5.74) is 11.4. The molecule has 0 saturated carbocycles. The van der Waals surface area contributed by atoms with E-state index in [4.69, 9.17) is 103 Å². The van der Waals surface area contributed by atoms with Crippen molar-refractivity contribution in [1.29, 1.82) is 5.31 Å². The Balaban J connectivity index is 0.000000473. The van der Waals surface area contributed by atoms with Crippen LogP contribution in [-0.4, -0.2) is 194 Å². The van der Waals surface area contributed by atoms with Crippen LogP contribution in [0.3, 0.4) is 0 Å². The first-order valence-electron chi connectivity index (χ1n) is 37.7. The van der Waals surface area contributed by atoms with Crippen LogP contribution >= 0.6 is 62.1 Å². The van der Waals surface area contributed by atoms with Gasteiger partial charge in [0, 0.05) is 69.6 Å². The van der Waals surface area contributed by atoms with Gasteiger partial charge in [0.05, 0.1) is 116 Å². The number of carbonyl (C=O) groups excluding carboxylic acids is 7. The molecule has 7 aromatic heterocycles. The summed E-state index contributed by atoms with van der Waals surface area (Å²) in [6.45, 7) is 23.1. The predicted molar refractivity (Wildman–Crippen MR) is 461 cm³/mol. The number of fused-ring (bicyclic) bond motifs is 5. The van der Waals surface area contributed by atoms with E-state index in [9.17, 15) is 56.1 Å². The van der Waals surface area contributed by atoms with E-state index >= 15 is 0 Å². The Hall–Kier alpha value is -9.93. The summed E-state index contributed by atoms with van der Waals surface area (Å²) < 4.78 is 141. The number of aromatic nitrogens is 7. The van der Waals surface area contributed by atoms with Crippen LogP contribution in [0.25, 0.3) is 6.08 Å². The van der Waals surface area contributed by atoms with Crippen molar-refractivity contribution in [3.8, 4) is 17.6 Å². The van der Waals surface area contributed by atoms with Gasteiger partial charge in [-0.2, -0.15) is 21.6 Å². The summed E-state index contributed by atoms with van der Waals surface area (Å²) in [6.07, 6.45) is 8.20. The van der Waals surface area contributed by atoms with Crippen LogP contribution in [0.4, 0.5) is 19.0 Å². The molecule has 5 unspecified atom stereocenters. The Bertz CT molecular complexity index is 4980. The Morgan fingerprint density at radius 3 is 1.42 bits per heavy atom. The number of carbonyl (C=O) groups is 7. The number of nitrogens with two attached hydrogens (primary N) is 2. The predicted octanol–water partition coefficient (Wildman–Crippen LogP) is 14.4. The molecule has 0 bridgehead atoms. The van der Waals surface area contributed by atoms with E-state index in [1.807, 2.05) is 53.6 Å². The molecule has 1 saturated heterocycles. The molecule has 0 aromatic carbocycles. The first kappa shape index (κ1) is 106. The zero-order valence-electron chi connectivity index (χ0n) is 72.3. The van der Waals surface area contributed by atoms with Crippen molar-refractivity contribution in [2.24, 2.45) is 5.64 Å². The number of ether oxygens (including phenoxy) is 10. The Kier molecular flexibility index (Phi) is 45.3. The maximum absolute atomic E-state index is 11.4. The minimum atomic E-state index is -5.84. The first-order valence-corrected chi connectivity index (χ1v) is 43.1. The third-order valence-electron chi connectivity index (χ3n) is 16.2. The Morgan fingerprint density at radius 1 is 0.621 bits per heavy atom. The molecule has 13 heterocycles. The SMILES string of the molecule is C/C=C/B1OC(C)(C)C(C)(C)O1.C/C=C/c1nc(OC)ccc1C(=O)OC.CB=N.CC1Cc2[nH]c(=O)ccc2C(=O)O1.CC1Cc2nc(Cl)ccc2C(=O)O1.CC1Cc2nc(N)ccc2C(=O)O1.COC(=O)c1ccc(OC)nc1Cl.COc1ccc2c(n1)CC(C)OC2=O.O=P(Cl)(Cl)Cl.O=S(=O)(O)C(F)(F)F.[2H]C[B]N.[2H]c1ccc2c(n1)CC(C)OC2=O. The Morgan fingerprint density at radius 2 is 0.992 bits per heavy atom. The number of aromatic amines is 1. The summed E-state index contributed by atoms with van der Waals surface area (Å²) in [5, 5.41) is 3.35. The minimum Gasteiger partial charge on any atom is -0.481 e. The van der Waals surface area contributed by atoms with Gasteiger partial charge in [0.25, 0.3) is 0 Å². The van der Waals surface area contributed by atoms with Crippen LogP contribution in [0.1, 0.15) is 186 Å². The molecular formula is C77H95B3Cl5F3N10O24PS. The maximum atomic E-state index is 11.4. The van der Waals surface area contributed by atoms with Gasteiger partial charge in [0.15, 0.2) is 7.41 Å². The first-order chi connectivity index (χ1) is 58.7. The number of nitrogen functional groups attached to an aromatic ring is 1. The van der Waals surface area contributed by atoms with Crippen molar-refractivity contribution in [3.63, 3.8) is 0 Å². The quantitative estimate of drug-likeness (QED) is 0.0188. The number of pyridine rings is 7. The monoisotopic (exact) mass is 1870 g/mol. The van der Waals surface area contributed by atoms with E-state index in [0.29, 0.717) is 111 Å². The largest absolute Gasteiger partial charge is 0.522 e. The van der Waals surface area contributed by atoms with Gasteiger partial charge < -0.3 is 73.0 Å². The molecule has 0 aliphatic carbocycles. The van der Waals surface area contributed by atoms with Crippen LogP contribution in [0.5, 0.6) is 17.6 Å². The van der Waals surface area contributed by atoms with Crippen molar-refractivity contribution in [2.45, 2.75) is 169 Å². The molecule has 7 N–H and O–H groups in total. The molecule has 47 heteroatoms. The molecule has 13 rings (SSSR count). The number of nitrogens with one attached hydrogen (secondary N) is 2. The average molecular weight is 1880 g/mol.